The Balaban J connectivity index is 1.55. The van der Waals surface area contributed by atoms with Gasteiger partial charge in [-0.3, -0.25) is 14.5 Å². The number of nitrogens with one attached hydrogen (secondary N) is 2. The first-order chi connectivity index (χ1) is 13.9. The van der Waals surface area contributed by atoms with E-state index < -0.39 is 0 Å². The Kier molecular flexibility index (Phi) is 6.99. The number of nitrogens with zero attached hydrogens (tertiary/aromatic N) is 1. The van der Waals surface area contributed by atoms with Crippen molar-refractivity contribution in [3.05, 3.63) is 66.0 Å². The molecule has 0 aromatic heterocycles. The molecular weight excluding hydrogens is 369 g/mol. The lowest BCUT2D eigenvalue weighted by Gasteiger charge is -2.35. The number of benzene rings is 2. The van der Waals surface area contributed by atoms with E-state index in [1.165, 1.54) is 12.1 Å². The number of amides is 2. The van der Waals surface area contributed by atoms with E-state index in [0.29, 0.717) is 6.54 Å². The fraction of sp³-hybridized carbons (Fsp3) is 0.391. The van der Waals surface area contributed by atoms with Crippen molar-refractivity contribution in [1.29, 1.82) is 0 Å². The van der Waals surface area contributed by atoms with Crippen molar-refractivity contribution in [2.75, 3.05) is 18.4 Å². The van der Waals surface area contributed by atoms with Gasteiger partial charge in [-0.2, -0.15) is 0 Å². The summed E-state index contributed by atoms with van der Waals surface area (Å²) >= 11 is 0. The van der Waals surface area contributed by atoms with Gasteiger partial charge in [-0.15, -0.1) is 0 Å². The normalized spacial score (nSPS) is 19.2. The average Bonchev–Trinajstić information content (AvgIpc) is 2.74. The first-order valence-electron chi connectivity index (χ1n) is 10.1. The molecule has 1 aliphatic rings. The van der Waals surface area contributed by atoms with Gasteiger partial charge in [-0.25, -0.2) is 4.39 Å². The van der Waals surface area contributed by atoms with Gasteiger partial charge in [-0.1, -0.05) is 30.3 Å². The second-order valence-corrected chi connectivity index (χ2v) is 7.65. The van der Waals surface area contributed by atoms with Gasteiger partial charge in [-0.05, 0) is 63.1 Å². The summed E-state index contributed by atoms with van der Waals surface area (Å²) in [5.74, 6) is -0.540. The SMILES string of the molecule is C[C@H](NC(=O)[C@@H](C)N1CCC[C@@H](C(=O)Nc2ccccc2)C1)c1ccc(F)cc1. The van der Waals surface area contributed by atoms with Crippen LogP contribution in [0.2, 0.25) is 0 Å². The Labute approximate surface area is 171 Å². The monoisotopic (exact) mass is 397 g/mol. The van der Waals surface area contributed by atoms with Crippen LogP contribution in [0.1, 0.15) is 38.3 Å². The number of hydrogen-bond acceptors (Lipinski definition) is 3. The van der Waals surface area contributed by atoms with Crippen LogP contribution in [0.15, 0.2) is 54.6 Å². The molecule has 3 rings (SSSR count). The minimum Gasteiger partial charge on any atom is -0.348 e. The molecule has 29 heavy (non-hydrogen) atoms. The van der Waals surface area contributed by atoms with E-state index in [0.717, 1.165) is 30.6 Å². The number of halogens is 1. The van der Waals surface area contributed by atoms with Crippen molar-refractivity contribution in [3.63, 3.8) is 0 Å². The summed E-state index contributed by atoms with van der Waals surface area (Å²) in [6.07, 6.45) is 1.69. The number of hydrogen-bond donors (Lipinski definition) is 2. The van der Waals surface area contributed by atoms with Gasteiger partial charge in [0.05, 0.1) is 18.0 Å². The van der Waals surface area contributed by atoms with Crippen LogP contribution in [0.25, 0.3) is 0 Å². The van der Waals surface area contributed by atoms with Crippen LogP contribution >= 0.6 is 0 Å². The van der Waals surface area contributed by atoms with Crippen LogP contribution < -0.4 is 10.6 Å². The lowest BCUT2D eigenvalue weighted by atomic mass is 9.95. The average molecular weight is 397 g/mol. The Bertz CT molecular complexity index is 826. The highest BCUT2D eigenvalue weighted by Gasteiger charge is 2.31. The van der Waals surface area contributed by atoms with Gasteiger partial charge in [0.15, 0.2) is 0 Å². The third-order valence-corrected chi connectivity index (χ3v) is 5.52. The Morgan fingerprint density at radius 1 is 1.07 bits per heavy atom. The molecule has 2 aromatic rings. The molecule has 0 saturated carbocycles. The van der Waals surface area contributed by atoms with Crippen molar-refractivity contribution >= 4 is 17.5 Å². The fourth-order valence-corrected chi connectivity index (χ4v) is 3.67. The summed E-state index contributed by atoms with van der Waals surface area (Å²) in [6, 6.07) is 15.0. The van der Waals surface area contributed by atoms with E-state index in [9.17, 15) is 14.0 Å². The summed E-state index contributed by atoms with van der Waals surface area (Å²) in [6.45, 7) is 5.08. The van der Waals surface area contributed by atoms with Crippen LogP contribution in [0.3, 0.4) is 0 Å². The molecule has 2 amide bonds. The van der Waals surface area contributed by atoms with E-state index in [1.54, 1.807) is 12.1 Å². The highest BCUT2D eigenvalue weighted by Crippen LogP contribution is 2.21. The molecule has 154 valence electrons. The van der Waals surface area contributed by atoms with Crippen LogP contribution in [0.4, 0.5) is 10.1 Å². The predicted octanol–water partition coefficient (Wildman–Crippen LogP) is 3.74. The third kappa shape index (κ3) is 5.64. The van der Waals surface area contributed by atoms with Gasteiger partial charge in [0, 0.05) is 12.2 Å². The molecule has 2 aromatic carbocycles. The molecular formula is C23H28FN3O2. The zero-order chi connectivity index (χ0) is 20.8. The largest absolute Gasteiger partial charge is 0.348 e. The molecule has 0 bridgehead atoms. The van der Waals surface area contributed by atoms with Crippen molar-refractivity contribution in [3.8, 4) is 0 Å². The molecule has 6 heteroatoms. The second-order valence-electron chi connectivity index (χ2n) is 7.65. The van der Waals surface area contributed by atoms with Crippen LogP contribution in [-0.2, 0) is 9.59 Å². The summed E-state index contributed by atoms with van der Waals surface area (Å²) < 4.78 is 13.1. The van der Waals surface area contributed by atoms with Crippen LogP contribution in [0.5, 0.6) is 0 Å². The van der Waals surface area contributed by atoms with Crippen molar-refractivity contribution in [1.82, 2.24) is 10.2 Å². The van der Waals surface area contributed by atoms with Crippen molar-refractivity contribution in [2.24, 2.45) is 5.92 Å². The summed E-state index contributed by atoms with van der Waals surface area (Å²) in [4.78, 5) is 27.4. The minimum atomic E-state index is -0.342. The topological polar surface area (TPSA) is 61.4 Å². The smallest absolute Gasteiger partial charge is 0.237 e. The summed E-state index contributed by atoms with van der Waals surface area (Å²) in [7, 11) is 0. The Morgan fingerprint density at radius 3 is 2.45 bits per heavy atom. The van der Waals surface area contributed by atoms with Crippen molar-refractivity contribution in [2.45, 2.75) is 38.8 Å². The Morgan fingerprint density at radius 2 is 1.76 bits per heavy atom. The zero-order valence-corrected chi connectivity index (χ0v) is 16.9. The number of rotatable bonds is 6. The maximum absolute atomic E-state index is 13.1. The van der Waals surface area contributed by atoms with Gasteiger partial charge in [0.2, 0.25) is 11.8 Å². The highest BCUT2D eigenvalue weighted by molar-refractivity contribution is 5.92. The number of anilines is 1. The Hall–Kier alpha value is -2.73. The first kappa shape index (κ1) is 21.0. The van der Waals surface area contributed by atoms with E-state index in [4.69, 9.17) is 0 Å². The van der Waals surface area contributed by atoms with E-state index in [2.05, 4.69) is 15.5 Å². The van der Waals surface area contributed by atoms with Crippen molar-refractivity contribution < 1.29 is 14.0 Å². The summed E-state index contributed by atoms with van der Waals surface area (Å²) in [5, 5.41) is 5.95. The van der Waals surface area contributed by atoms with E-state index >= 15 is 0 Å². The predicted molar refractivity (Wildman–Crippen MR) is 112 cm³/mol. The van der Waals surface area contributed by atoms with E-state index in [-0.39, 0.29) is 35.6 Å². The number of carbonyl (C=O) groups excluding carboxylic acids is 2. The number of carbonyl (C=O) groups is 2. The molecule has 0 aliphatic carbocycles. The molecule has 0 radical (unpaired) electrons. The standard InChI is InChI=1S/C23H28FN3O2/c1-16(18-10-12-20(24)13-11-18)25-22(28)17(2)27-14-6-7-19(15-27)23(29)26-21-8-4-3-5-9-21/h3-5,8-13,16-17,19H,6-7,14-15H2,1-2H3,(H,25,28)(H,26,29)/t16-,17+,19+/m0/s1. The first-order valence-corrected chi connectivity index (χ1v) is 10.1. The van der Waals surface area contributed by atoms with Gasteiger partial charge in [0.1, 0.15) is 5.82 Å². The quantitative estimate of drug-likeness (QED) is 0.781. The number of para-hydroxylation sites is 1. The van der Waals surface area contributed by atoms with Crippen LogP contribution in [0, 0.1) is 11.7 Å². The minimum absolute atomic E-state index is 0.00631. The number of likely N-dealkylation sites (tertiary alicyclic amines) is 1. The lowest BCUT2D eigenvalue weighted by Crippen LogP contribution is -2.51. The van der Waals surface area contributed by atoms with Crippen LogP contribution in [-0.4, -0.2) is 35.8 Å². The molecule has 5 nitrogen and oxygen atoms in total. The van der Waals surface area contributed by atoms with Gasteiger partial charge in [0.25, 0.3) is 0 Å². The molecule has 2 N–H and O–H groups in total. The summed E-state index contributed by atoms with van der Waals surface area (Å²) in [5.41, 5.74) is 1.64. The zero-order valence-electron chi connectivity index (χ0n) is 16.9. The molecule has 1 fully saturated rings. The lowest BCUT2D eigenvalue weighted by molar-refractivity contribution is -0.129. The van der Waals surface area contributed by atoms with Gasteiger partial charge >= 0.3 is 0 Å². The molecule has 3 atom stereocenters. The maximum Gasteiger partial charge on any atom is 0.237 e. The maximum atomic E-state index is 13.1. The molecule has 0 unspecified atom stereocenters. The number of piperidine rings is 1. The highest BCUT2D eigenvalue weighted by atomic mass is 19.1. The van der Waals surface area contributed by atoms with Gasteiger partial charge < -0.3 is 10.6 Å². The van der Waals surface area contributed by atoms with E-state index in [1.807, 2.05) is 44.2 Å². The molecule has 0 spiro atoms. The molecule has 1 heterocycles. The molecule has 1 aliphatic heterocycles. The second kappa shape index (κ2) is 9.65. The fourth-order valence-electron chi connectivity index (χ4n) is 3.67. The third-order valence-electron chi connectivity index (χ3n) is 5.52. The molecule has 1 saturated heterocycles.